The number of hydrogen-bond acceptors (Lipinski definition) is 7. The summed E-state index contributed by atoms with van der Waals surface area (Å²) in [6.45, 7) is 0. The van der Waals surface area contributed by atoms with Crippen molar-refractivity contribution in [3.63, 3.8) is 0 Å². The van der Waals surface area contributed by atoms with Crippen molar-refractivity contribution >= 4 is 35.1 Å². The lowest BCUT2D eigenvalue weighted by Crippen LogP contribution is -2.15. The van der Waals surface area contributed by atoms with Gasteiger partial charge in [0.05, 0.1) is 24.2 Å². The molecular formula is C17H17N5O2S2. The van der Waals surface area contributed by atoms with E-state index in [0.29, 0.717) is 5.16 Å². The molecule has 0 spiro atoms. The molecule has 26 heavy (non-hydrogen) atoms. The highest BCUT2D eigenvalue weighted by molar-refractivity contribution is 7.99. The maximum absolute atomic E-state index is 12.3. The molecule has 3 aromatic rings. The lowest BCUT2D eigenvalue weighted by atomic mass is 10.3. The number of aromatic nitrogens is 4. The molecule has 1 N–H and O–H groups in total. The van der Waals surface area contributed by atoms with Gasteiger partial charge in [0.1, 0.15) is 5.75 Å². The molecule has 3 rings (SSSR count). The molecule has 1 heterocycles. The Morgan fingerprint density at radius 1 is 1.19 bits per heavy atom. The molecule has 1 aromatic heterocycles. The second-order valence-electron chi connectivity index (χ2n) is 5.11. The Morgan fingerprint density at radius 3 is 2.69 bits per heavy atom. The highest BCUT2D eigenvalue weighted by Crippen LogP contribution is 2.25. The Kier molecular flexibility index (Phi) is 6.13. The summed E-state index contributed by atoms with van der Waals surface area (Å²) >= 11 is 2.86. The fraction of sp³-hybridized carbons (Fsp3) is 0.176. The van der Waals surface area contributed by atoms with Gasteiger partial charge in [0.2, 0.25) is 11.1 Å². The number of tetrazole rings is 1. The third-order valence-corrected chi connectivity index (χ3v) is 5.19. The average Bonchev–Trinajstić information content (AvgIpc) is 3.15. The van der Waals surface area contributed by atoms with Crippen molar-refractivity contribution in [3.8, 4) is 11.4 Å². The molecule has 0 saturated carbocycles. The summed E-state index contributed by atoms with van der Waals surface area (Å²) in [5.41, 5.74) is 1.60. The predicted molar refractivity (Wildman–Crippen MR) is 103 cm³/mol. The number of thioether (sulfide) groups is 2. The zero-order valence-corrected chi connectivity index (χ0v) is 15.9. The quantitative estimate of drug-likeness (QED) is 0.624. The van der Waals surface area contributed by atoms with Gasteiger partial charge in [-0.2, -0.15) is 4.68 Å². The van der Waals surface area contributed by atoms with Crippen molar-refractivity contribution in [1.82, 2.24) is 20.2 Å². The minimum atomic E-state index is -0.110. The first-order valence-electron chi connectivity index (χ1n) is 7.69. The van der Waals surface area contributed by atoms with Crippen LogP contribution < -0.4 is 10.1 Å². The van der Waals surface area contributed by atoms with E-state index in [1.807, 2.05) is 54.8 Å². The first-order chi connectivity index (χ1) is 12.7. The van der Waals surface area contributed by atoms with Crippen molar-refractivity contribution in [1.29, 1.82) is 0 Å². The maximum atomic E-state index is 12.3. The van der Waals surface area contributed by atoms with Crippen molar-refractivity contribution < 1.29 is 9.53 Å². The van der Waals surface area contributed by atoms with Crippen molar-refractivity contribution in [2.45, 2.75) is 10.1 Å². The molecule has 1 amide bonds. The summed E-state index contributed by atoms with van der Waals surface area (Å²) in [6, 6.07) is 15.1. The first kappa shape index (κ1) is 18.3. The largest absolute Gasteiger partial charge is 0.497 e. The van der Waals surface area contributed by atoms with Gasteiger partial charge in [-0.15, -0.1) is 16.9 Å². The monoisotopic (exact) mass is 387 g/mol. The van der Waals surface area contributed by atoms with E-state index in [1.54, 1.807) is 23.6 Å². The van der Waals surface area contributed by atoms with Crippen molar-refractivity contribution in [3.05, 3.63) is 48.5 Å². The van der Waals surface area contributed by atoms with Crippen LogP contribution in [0.1, 0.15) is 0 Å². The fourth-order valence-corrected chi connectivity index (χ4v) is 3.46. The SMILES string of the molecule is COc1ccc(-n2nnnc2SCC(=O)Nc2ccccc2SC)cc1. The number of amides is 1. The lowest BCUT2D eigenvalue weighted by Gasteiger charge is -2.09. The van der Waals surface area contributed by atoms with Gasteiger partial charge in [-0.3, -0.25) is 4.79 Å². The smallest absolute Gasteiger partial charge is 0.234 e. The molecule has 9 heteroatoms. The van der Waals surface area contributed by atoms with Gasteiger partial charge in [-0.1, -0.05) is 23.9 Å². The van der Waals surface area contributed by atoms with Crippen LogP contribution in [0.4, 0.5) is 5.69 Å². The van der Waals surface area contributed by atoms with E-state index in [9.17, 15) is 4.79 Å². The average molecular weight is 387 g/mol. The molecule has 0 aliphatic heterocycles. The van der Waals surface area contributed by atoms with Gasteiger partial charge >= 0.3 is 0 Å². The summed E-state index contributed by atoms with van der Waals surface area (Å²) in [5, 5.41) is 15.2. The normalized spacial score (nSPS) is 10.5. The number of rotatable bonds is 7. The van der Waals surface area contributed by atoms with Crippen LogP contribution in [-0.2, 0) is 4.79 Å². The number of ether oxygens (including phenoxy) is 1. The van der Waals surface area contributed by atoms with Crippen molar-refractivity contribution in [2.24, 2.45) is 0 Å². The van der Waals surface area contributed by atoms with E-state index in [0.717, 1.165) is 22.0 Å². The Hall–Kier alpha value is -2.52. The molecule has 0 atom stereocenters. The fourth-order valence-electron chi connectivity index (χ4n) is 2.22. The van der Waals surface area contributed by atoms with Gasteiger partial charge in [0.25, 0.3) is 0 Å². The molecule has 0 fully saturated rings. The summed E-state index contributed by atoms with van der Waals surface area (Å²) in [6.07, 6.45) is 1.97. The Labute approximate surface area is 159 Å². The summed E-state index contributed by atoms with van der Waals surface area (Å²) in [7, 11) is 1.61. The number of para-hydroxylation sites is 1. The Balaban J connectivity index is 1.65. The molecular weight excluding hydrogens is 370 g/mol. The second-order valence-corrected chi connectivity index (χ2v) is 6.90. The highest BCUT2D eigenvalue weighted by atomic mass is 32.2. The van der Waals surface area contributed by atoms with Gasteiger partial charge in [-0.25, -0.2) is 0 Å². The van der Waals surface area contributed by atoms with Crippen LogP contribution in [0, 0.1) is 0 Å². The number of nitrogens with one attached hydrogen (secondary N) is 1. The number of carbonyl (C=O) groups is 1. The number of nitrogens with zero attached hydrogens (tertiary/aromatic N) is 4. The zero-order chi connectivity index (χ0) is 18.4. The summed E-state index contributed by atoms with van der Waals surface area (Å²) in [4.78, 5) is 13.3. The number of hydrogen-bond donors (Lipinski definition) is 1. The minimum Gasteiger partial charge on any atom is -0.497 e. The molecule has 0 aliphatic rings. The van der Waals surface area contributed by atoms with Gasteiger partial charge < -0.3 is 10.1 Å². The lowest BCUT2D eigenvalue weighted by molar-refractivity contribution is -0.113. The second kappa shape index (κ2) is 8.72. The maximum Gasteiger partial charge on any atom is 0.234 e. The van der Waals surface area contributed by atoms with E-state index in [2.05, 4.69) is 20.8 Å². The first-order valence-corrected chi connectivity index (χ1v) is 9.91. The topological polar surface area (TPSA) is 81.9 Å². The van der Waals surface area contributed by atoms with Crippen LogP contribution in [0.15, 0.2) is 58.6 Å². The van der Waals surface area contributed by atoms with E-state index < -0.39 is 0 Å². The molecule has 2 aromatic carbocycles. The summed E-state index contributed by atoms with van der Waals surface area (Å²) < 4.78 is 6.74. The van der Waals surface area contributed by atoms with Crippen LogP contribution in [0.25, 0.3) is 5.69 Å². The van der Waals surface area contributed by atoms with Crippen LogP contribution >= 0.6 is 23.5 Å². The van der Waals surface area contributed by atoms with Crippen molar-refractivity contribution in [2.75, 3.05) is 24.4 Å². The van der Waals surface area contributed by atoms with Gasteiger partial charge in [0, 0.05) is 4.90 Å². The van der Waals surface area contributed by atoms with Gasteiger partial charge in [0.15, 0.2) is 0 Å². The van der Waals surface area contributed by atoms with E-state index in [4.69, 9.17) is 4.74 Å². The Bertz CT molecular complexity index is 883. The van der Waals surface area contributed by atoms with Gasteiger partial charge in [-0.05, 0) is 53.1 Å². The van der Waals surface area contributed by atoms with E-state index in [-0.39, 0.29) is 11.7 Å². The molecule has 0 radical (unpaired) electrons. The molecule has 0 saturated heterocycles. The predicted octanol–water partition coefficient (Wildman–Crippen LogP) is 3.12. The molecule has 7 nitrogen and oxygen atoms in total. The number of carbonyl (C=O) groups excluding carboxylic acids is 1. The molecule has 0 aliphatic carbocycles. The summed E-state index contributed by atoms with van der Waals surface area (Å²) in [5.74, 6) is 0.850. The number of methoxy groups -OCH3 is 1. The van der Waals surface area contributed by atoms with Crippen LogP contribution in [-0.4, -0.2) is 45.2 Å². The molecule has 0 unspecified atom stereocenters. The van der Waals surface area contributed by atoms with Crippen LogP contribution in [0.5, 0.6) is 5.75 Å². The minimum absolute atomic E-state index is 0.110. The van der Waals surface area contributed by atoms with E-state index >= 15 is 0 Å². The van der Waals surface area contributed by atoms with E-state index in [1.165, 1.54) is 11.8 Å². The number of anilines is 1. The third kappa shape index (κ3) is 4.36. The molecule has 0 bridgehead atoms. The molecule has 134 valence electrons. The number of benzene rings is 2. The third-order valence-electron chi connectivity index (χ3n) is 3.47. The standard InChI is InChI=1S/C17H17N5O2S2/c1-24-13-9-7-12(8-10-13)22-17(19-20-21-22)26-11-16(23)18-14-5-3-4-6-15(14)25-2/h3-10H,11H2,1-2H3,(H,18,23). The highest BCUT2D eigenvalue weighted by Gasteiger charge is 2.12. The zero-order valence-electron chi connectivity index (χ0n) is 14.2. The van der Waals surface area contributed by atoms with Crippen LogP contribution in [0.2, 0.25) is 0 Å². The Morgan fingerprint density at radius 2 is 1.96 bits per heavy atom. The van der Waals surface area contributed by atoms with Crippen LogP contribution in [0.3, 0.4) is 0 Å².